The van der Waals surface area contributed by atoms with Gasteiger partial charge in [-0.2, -0.15) is 0 Å². The molecule has 0 saturated heterocycles. The van der Waals surface area contributed by atoms with E-state index in [1.807, 2.05) is 0 Å². The lowest BCUT2D eigenvalue weighted by Crippen LogP contribution is -2.29. The predicted molar refractivity (Wildman–Crippen MR) is 85.7 cm³/mol. The van der Waals surface area contributed by atoms with Crippen molar-refractivity contribution in [3.05, 3.63) is 29.6 Å². The summed E-state index contributed by atoms with van der Waals surface area (Å²) in [4.78, 5) is 4.46. The molecule has 1 saturated carbocycles. The summed E-state index contributed by atoms with van der Waals surface area (Å²) < 4.78 is 0. The second kappa shape index (κ2) is 7.78. The van der Waals surface area contributed by atoms with Gasteiger partial charge in [-0.25, -0.2) is 0 Å². The quantitative estimate of drug-likeness (QED) is 0.817. The lowest BCUT2D eigenvalue weighted by atomic mass is 9.75. The Hall–Kier alpha value is -0.890. The Kier molecular flexibility index (Phi) is 6.03. The van der Waals surface area contributed by atoms with Crippen LogP contribution >= 0.6 is 0 Å². The van der Waals surface area contributed by atoms with E-state index in [9.17, 15) is 0 Å². The van der Waals surface area contributed by atoms with E-state index in [2.05, 4.69) is 49.5 Å². The molecule has 1 aromatic heterocycles. The molecule has 112 valence electrons. The standard InChI is InChI=1S/C18H30N2/c1-4-5-6-15-8-11-16(12-9-15)18(19-3)17-10-7-14(2)20-13-17/h7,10,13,15-16,18-19H,4-6,8-9,11-12H2,1-3H3. The maximum Gasteiger partial charge on any atom is 0.0372 e. The minimum Gasteiger partial charge on any atom is -0.313 e. The minimum absolute atomic E-state index is 0.482. The molecule has 1 heterocycles. The molecule has 2 heteroatoms. The first-order valence-electron chi connectivity index (χ1n) is 8.34. The zero-order valence-corrected chi connectivity index (χ0v) is 13.4. The maximum atomic E-state index is 4.46. The van der Waals surface area contributed by atoms with Gasteiger partial charge in [-0.1, -0.05) is 45.1 Å². The molecule has 1 aliphatic carbocycles. The van der Waals surface area contributed by atoms with Crippen LogP contribution < -0.4 is 5.32 Å². The van der Waals surface area contributed by atoms with Crippen molar-refractivity contribution < 1.29 is 0 Å². The van der Waals surface area contributed by atoms with E-state index in [-0.39, 0.29) is 0 Å². The summed E-state index contributed by atoms with van der Waals surface area (Å²) >= 11 is 0. The van der Waals surface area contributed by atoms with E-state index in [4.69, 9.17) is 0 Å². The van der Waals surface area contributed by atoms with E-state index in [0.29, 0.717) is 6.04 Å². The van der Waals surface area contributed by atoms with Crippen LogP contribution in [0.4, 0.5) is 0 Å². The van der Waals surface area contributed by atoms with Gasteiger partial charge in [0.15, 0.2) is 0 Å². The van der Waals surface area contributed by atoms with Crippen LogP contribution in [0.1, 0.15) is 69.2 Å². The van der Waals surface area contributed by atoms with Crippen molar-refractivity contribution in [2.45, 2.75) is 64.8 Å². The van der Waals surface area contributed by atoms with Crippen molar-refractivity contribution in [3.8, 4) is 0 Å². The summed E-state index contributed by atoms with van der Waals surface area (Å²) in [5.41, 5.74) is 2.46. The second-order valence-electron chi connectivity index (χ2n) is 6.42. The predicted octanol–water partition coefficient (Wildman–Crippen LogP) is 4.65. The molecule has 20 heavy (non-hydrogen) atoms. The highest BCUT2D eigenvalue weighted by Crippen LogP contribution is 2.38. The first-order valence-corrected chi connectivity index (χ1v) is 8.34. The number of unbranched alkanes of at least 4 members (excludes halogenated alkanes) is 1. The molecular formula is C18H30N2. The molecular weight excluding hydrogens is 244 g/mol. The molecule has 1 fully saturated rings. The Morgan fingerprint density at radius 1 is 1.25 bits per heavy atom. The summed E-state index contributed by atoms with van der Waals surface area (Å²) in [5.74, 6) is 1.77. The number of pyridine rings is 1. The molecule has 0 aliphatic heterocycles. The average Bonchev–Trinajstić information content (AvgIpc) is 2.49. The lowest BCUT2D eigenvalue weighted by Gasteiger charge is -2.34. The Morgan fingerprint density at radius 3 is 2.55 bits per heavy atom. The molecule has 0 radical (unpaired) electrons. The van der Waals surface area contributed by atoms with Crippen LogP contribution in [0, 0.1) is 18.8 Å². The Balaban J connectivity index is 1.91. The number of aryl methyl sites for hydroxylation is 1. The third-order valence-corrected chi connectivity index (χ3v) is 4.93. The fraction of sp³-hybridized carbons (Fsp3) is 0.722. The van der Waals surface area contributed by atoms with Crippen molar-refractivity contribution in [3.63, 3.8) is 0 Å². The van der Waals surface area contributed by atoms with E-state index >= 15 is 0 Å². The van der Waals surface area contributed by atoms with Gasteiger partial charge in [0.1, 0.15) is 0 Å². The molecule has 1 unspecified atom stereocenters. The first-order chi connectivity index (χ1) is 9.74. The lowest BCUT2D eigenvalue weighted by molar-refractivity contribution is 0.218. The van der Waals surface area contributed by atoms with Crippen LogP contribution in [0.5, 0.6) is 0 Å². The fourth-order valence-electron chi connectivity index (χ4n) is 3.64. The Labute approximate surface area is 124 Å². The SMILES string of the molecule is CCCCC1CCC(C(NC)c2ccc(C)nc2)CC1. The van der Waals surface area contributed by atoms with E-state index in [1.165, 1.54) is 50.5 Å². The van der Waals surface area contributed by atoms with Crippen LogP contribution in [0.25, 0.3) is 0 Å². The van der Waals surface area contributed by atoms with Crippen molar-refractivity contribution in [2.24, 2.45) is 11.8 Å². The number of nitrogens with zero attached hydrogens (tertiary/aromatic N) is 1. The van der Waals surface area contributed by atoms with Crippen LogP contribution in [-0.4, -0.2) is 12.0 Å². The van der Waals surface area contributed by atoms with Crippen molar-refractivity contribution in [1.29, 1.82) is 0 Å². The first kappa shape index (κ1) is 15.5. The molecule has 1 aliphatic rings. The van der Waals surface area contributed by atoms with Crippen molar-refractivity contribution in [2.75, 3.05) is 7.05 Å². The summed E-state index contributed by atoms with van der Waals surface area (Å²) in [5, 5.41) is 3.53. The normalized spacial score (nSPS) is 24.6. The van der Waals surface area contributed by atoms with Crippen LogP contribution in [0.15, 0.2) is 18.3 Å². The maximum absolute atomic E-state index is 4.46. The molecule has 2 rings (SSSR count). The summed E-state index contributed by atoms with van der Waals surface area (Å²) in [7, 11) is 2.09. The smallest absolute Gasteiger partial charge is 0.0372 e. The van der Waals surface area contributed by atoms with Gasteiger partial charge in [0, 0.05) is 17.9 Å². The topological polar surface area (TPSA) is 24.9 Å². The van der Waals surface area contributed by atoms with E-state index < -0.39 is 0 Å². The summed E-state index contributed by atoms with van der Waals surface area (Å²) in [6, 6.07) is 4.86. The largest absolute Gasteiger partial charge is 0.313 e. The highest BCUT2D eigenvalue weighted by Gasteiger charge is 2.27. The summed E-state index contributed by atoms with van der Waals surface area (Å²) in [6.45, 7) is 4.35. The van der Waals surface area contributed by atoms with Gasteiger partial charge in [0.05, 0.1) is 0 Å². The number of hydrogen-bond donors (Lipinski definition) is 1. The second-order valence-corrected chi connectivity index (χ2v) is 6.42. The zero-order chi connectivity index (χ0) is 14.4. The molecule has 0 spiro atoms. The number of aromatic nitrogens is 1. The van der Waals surface area contributed by atoms with Crippen molar-refractivity contribution in [1.82, 2.24) is 10.3 Å². The molecule has 1 atom stereocenters. The number of rotatable bonds is 6. The molecule has 1 N–H and O–H groups in total. The van der Waals surface area contributed by atoms with Crippen molar-refractivity contribution >= 4 is 0 Å². The van der Waals surface area contributed by atoms with Gasteiger partial charge in [-0.3, -0.25) is 4.98 Å². The van der Waals surface area contributed by atoms with Crippen LogP contribution in [0.3, 0.4) is 0 Å². The fourth-order valence-corrected chi connectivity index (χ4v) is 3.64. The average molecular weight is 274 g/mol. The van der Waals surface area contributed by atoms with Crippen LogP contribution in [0.2, 0.25) is 0 Å². The number of nitrogens with one attached hydrogen (secondary N) is 1. The Bertz CT molecular complexity index is 377. The highest BCUT2D eigenvalue weighted by atomic mass is 14.9. The van der Waals surface area contributed by atoms with Gasteiger partial charge in [-0.05, 0) is 50.3 Å². The van der Waals surface area contributed by atoms with Gasteiger partial charge in [0.2, 0.25) is 0 Å². The summed E-state index contributed by atoms with van der Waals surface area (Å²) in [6.07, 6.45) is 11.8. The van der Waals surface area contributed by atoms with E-state index in [0.717, 1.165) is 17.5 Å². The highest BCUT2D eigenvalue weighted by molar-refractivity contribution is 5.18. The molecule has 2 nitrogen and oxygen atoms in total. The van der Waals surface area contributed by atoms with Gasteiger partial charge < -0.3 is 5.32 Å². The van der Waals surface area contributed by atoms with Gasteiger partial charge in [0.25, 0.3) is 0 Å². The molecule has 0 amide bonds. The number of hydrogen-bond acceptors (Lipinski definition) is 2. The molecule has 0 aromatic carbocycles. The third-order valence-electron chi connectivity index (χ3n) is 4.93. The zero-order valence-electron chi connectivity index (χ0n) is 13.4. The van der Waals surface area contributed by atoms with Gasteiger partial charge in [-0.15, -0.1) is 0 Å². The minimum atomic E-state index is 0.482. The van der Waals surface area contributed by atoms with Gasteiger partial charge >= 0.3 is 0 Å². The molecule has 1 aromatic rings. The van der Waals surface area contributed by atoms with Crippen LogP contribution in [-0.2, 0) is 0 Å². The molecule has 0 bridgehead atoms. The Morgan fingerprint density at radius 2 is 2.00 bits per heavy atom. The third kappa shape index (κ3) is 4.05. The van der Waals surface area contributed by atoms with E-state index in [1.54, 1.807) is 0 Å². The monoisotopic (exact) mass is 274 g/mol.